The lowest BCUT2D eigenvalue weighted by Crippen LogP contribution is -2.30. The molecule has 0 unspecified atom stereocenters. The highest BCUT2D eigenvalue weighted by Gasteiger charge is 2.05. The molecule has 116 valence electrons. The number of thiocarbonyl (C=S) groups is 1. The minimum absolute atomic E-state index is 0.499. The predicted molar refractivity (Wildman–Crippen MR) is 97.4 cm³/mol. The monoisotopic (exact) mass is 354 g/mol. The van der Waals surface area contributed by atoms with Crippen LogP contribution in [0.2, 0.25) is 10.0 Å². The third kappa shape index (κ3) is 4.77. The number of benzene rings is 2. The van der Waals surface area contributed by atoms with E-state index in [0.717, 1.165) is 17.7 Å². The Morgan fingerprint density at radius 3 is 2.73 bits per heavy atom. The van der Waals surface area contributed by atoms with Crippen LogP contribution in [0.25, 0.3) is 0 Å². The first-order valence-corrected chi connectivity index (χ1v) is 7.88. The van der Waals surface area contributed by atoms with Gasteiger partial charge in [-0.05, 0) is 48.5 Å². The summed E-state index contributed by atoms with van der Waals surface area (Å²) < 4.78 is 5.32. The molecule has 2 aromatic rings. The zero-order chi connectivity index (χ0) is 15.9. The van der Waals surface area contributed by atoms with Crippen LogP contribution in [-0.2, 0) is 6.42 Å². The molecule has 0 aliphatic heterocycles. The molecule has 0 amide bonds. The molecule has 6 heteroatoms. The SMILES string of the molecule is COc1ccccc1CCNC(=S)Nc1cc(Cl)ccc1Cl. The second kappa shape index (κ2) is 8.22. The number of nitrogens with one attached hydrogen (secondary N) is 2. The Morgan fingerprint density at radius 2 is 1.95 bits per heavy atom. The number of hydrogen-bond acceptors (Lipinski definition) is 2. The normalized spacial score (nSPS) is 10.1. The smallest absolute Gasteiger partial charge is 0.170 e. The lowest BCUT2D eigenvalue weighted by molar-refractivity contribution is 0.409. The summed E-state index contributed by atoms with van der Waals surface area (Å²) >= 11 is 17.3. The van der Waals surface area contributed by atoms with Crippen molar-refractivity contribution in [1.29, 1.82) is 0 Å². The number of halogens is 2. The summed E-state index contributed by atoms with van der Waals surface area (Å²) in [4.78, 5) is 0. The van der Waals surface area contributed by atoms with Gasteiger partial charge in [0.1, 0.15) is 5.75 Å². The van der Waals surface area contributed by atoms with E-state index in [1.165, 1.54) is 0 Å². The highest BCUT2D eigenvalue weighted by Crippen LogP contribution is 2.25. The second-order valence-corrected chi connectivity index (χ2v) is 5.82. The summed E-state index contributed by atoms with van der Waals surface area (Å²) in [7, 11) is 1.67. The fraction of sp³-hybridized carbons (Fsp3) is 0.188. The molecule has 0 atom stereocenters. The van der Waals surface area contributed by atoms with Gasteiger partial charge in [0.25, 0.3) is 0 Å². The van der Waals surface area contributed by atoms with Crippen LogP contribution in [0, 0.1) is 0 Å². The number of rotatable bonds is 5. The number of anilines is 1. The van der Waals surface area contributed by atoms with E-state index in [1.807, 2.05) is 24.3 Å². The van der Waals surface area contributed by atoms with E-state index in [2.05, 4.69) is 10.6 Å². The number of para-hydroxylation sites is 1. The Hall–Kier alpha value is -1.49. The minimum atomic E-state index is 0.499. The van der Waals surface area contributed by atoms with Crippen LogP contribution >= 0.6 is 35.4 Å². The van der Waals surface area contributed by atoms with Gasteiger partial charge in [-0.15, -0.1) is 0 Å². The molecule has 0 heterocycles. The number of hydrogen-bond donors (Lipinski definition) is 2. The van der Waals surface area contributed by atoms with Gasteiger partial charge in [0.15, 0.2) is 5.11 Å². The molecule has 0 fully saturated rings. The lowest BCUT2D eigenvalue weighted by atomic mass is 10.1. The molecular weight excluding hydrogens is 339 g/mol. The Balaban J connectivity index is 1.87. The van der Waals surface area contributed by atoms with Crippen LogP contribution in [0.3, 0.4) is 0 Å². The standard InChI is InChI=1S/C16H16Cl2N2OS/c1-21-15-5-3-2-4-11(15)8-9-19-16(22)20-14-10-12(17)6-7-13(14)18/h2-7,10H,8-9H2,1H3,(H2,19,20,22). The van der Waals surface area contributed by atoms with Crippen molar-refractivity contribution >= 4 is 46.2 Å². The van der Waals surface area contributed by atoms with E-state index in [4.69, 9.17) is 40.2 Å². The highest BCUT2D eigenvalue weighted by atomic mass is 35.5. The molecular formula is C16H16Cl2N2OS. The lowest BCUT2D eigenvalue weighted by Gasteiger charge is -2.13. The quantitative estimate of drug-likeness (QED) is 0.772. The van der Waals surface area contributed by atoms with Crippen molar-refractivity contribution in [3.8, 4) is 5.75 Å². The van der Waals surface area contributed by atoms with Crippen LogP contribution in [0.5, 0.6) is 5.75 Å². The highest BCUT2D eigenvalue weighted by molar-refractivity contribution is 7.80. The summed E-state index contributed by atoms with van der Waals surface area (Å²) in [6.45, 7) is 0.685. The molecule has 0 saturated carbocycles. The van der Waals surface area contributed by atoms with Gasteiger partial charge in [-0.2, -0.15) is 0 Å². The van der Waals surface area contributed by atoms with Gasteiger partial charge < -0.3 is 15.4 Å². The van der Waals surface area contributed by atoms with Crippen molar-refractivity contribution in [3.63, 3.8) is 0 Å². The van der Waals surface area contributed by atoms with E-state index in [-0.39, 0.29) is 0 Å². The average molecular weight is 355 g/mol. The molecule has 0 spiro atoms. The molecule has 0 aromatic heterocycles. The Morgan fingerprint density at radius 1 is 1.18 bits per heavy atom. The molecule has 3 nitrogen and oxygen atoms in total. The maximum absolute atomic E-state index is 6.08. The van der Waals surface area contributed by atoms with Crippen LogP contribution in [0.4, 0.5) is 5.69 Å². The van der Waals surface area contributed by atoms with E-state index >= 15 is 0 Å². The molecule has 0 bridgehead atoms. The van der Waals surface area contributed by atoms with Crippen molar-refractivity contribution in [1.82, 2.24) is 5.32 Å². The maximum Gasteiger partial charge on any atom is 0.170 e. The van der Waals surface area contributed by atoms with Gasteiger partial charge in [-0.1, -0.05) is 41.4 Å². The summed E-state index contributed by atoms with van der Waals surface area (Å²) in [5.74, 6) is 0.876. The van der Waals surface area contributed by atoms with Crippen molar-refractivity contribution in [2.75, 3.05) is 19.0 Å². The fourth-order valence-corrected chi connectivity index (χ4v) is 2.53. The number of ether oxygens (including phenoxy) is 1. The van der Waals surface area contributed by atoms with Gasteiger partial charge in [-0.25, -0.2) is 0 Å². The van der Waals surface area contributed by atoms with Gasteiger partial charge >= 0.3 is 0 Å². The van der Waals surface area contributed by atoms with Gasteiger partial charge in [0.2, 0.25) is 0 Å². The van der Waals surface area contributed by atoms with Crippen LogP contribution in [0.15, 0.2) is 42.5 Å². The Labute approximate surface area is 145 Å². The van der Waals surface area contributed by atoms with E-state index < -0.39 is 0 Å². The molecule has 2 rings (SSSR count). The summed E-state index contributed by atoms with van der Waals surface area (Å²) in [5.41, 5.74) is 1.81. The first kappa shape index (κ1) is 16.9. The predicted octanol–water partition coefficient (Wildman–Crippen LogP) is 4.53. The van der Waals surface area contributed by atoms with Gasteiger partial charge in [0, 0.05) is 11.6 Å². The molecule has 0 aliphatic rings. The van der Waals surface area contributed by atoms with Crippen LogP contribution < -0.4 is 15.4 Å². The van der Waals surface area contributed by atoms with Gasteiger partial charge in [0.05, 0.1) is 17.8 Å². The maximum atomic E-state index is 6.08. The van der Waals surface area contributed by atoms with Crippen molar-refractivity contribution < 1.29 is 4.74 Å². The molecule has 22 heavy (non-hydrogen) atoms. The second-order valence-electron chi connectivity index (χ2n) is 4.57. The zero-order valence-electron chi connectivity index (χ0n) is 12.0. The van der Waals surface area contributed by atoms with Gasteiger partial charge in [-0.3, -0.25) is 0 Å². The largest absolute Gasteiger partial charge is 0.496 e. The topological polar surface area (TPSA) is 33.3 Å². The Bertz CT molecular complexity index is 664. The number of methoxy groups -OCH3 is 1. The zero-order valence-corrected chi connectivity index (χ0v) is 14.4. The average Bonchev–Trinajstić information content (AvgIpc) is 2.51. The first-order valence-electron chi connectivity index (χ1n) is 6.72. The molecule has 0 aliphatic carbocycles. The van der Waals surface area contributed by atoms with Crippen LogP contribution in [0.1, 0.15) is 5.56 Å². The van der Waals surface area contributed by atoms with Crippen molar-refractivity contribution in [3.05, 3.63) is 58.1 Å². The molecule has 0 saturated heterocycles. The van der Waals surface area contributed by atoms with Crippen molar-refractivity contribution in [2.45, 2.75) is 6.42 Å². The molecule has 2 aromatic carbocycles. The first-order chi connectivity index (χ1) is 10.6. The minimum Gasteiger partial charge on any atom is -0.496 e. The third-order valence-corrected chi connectivity index (χ3v) is 3.86. The van der Waals surface area contributed by atoms with Crippen LogP contribution in [-0.4, -0.2) is 18.8 Å². The third-order valence-electron chi connectivity index (χ3n) is 3.05. The van der Waals surface area contributed by atoms with E-state index in [0.29, 0.717) is 27.4 Å². The summed E-state index contributed by atoms with van der Waals surface area (Å²) in [6.07, 6.45) is 0.801. The van der Waals surface area contributed by atoms with E-state index in [9.17, 15) is 0 Å². The molecule has 0 radical (unpaired) electrons. The Kier molecular flexibility index (Phi) is 6.31. The molecule has 2 N–H and O–H groups in total. The van der Waals surface area contributed by atoms with E-state index in [1.54, 1.807) is 25.3 Å². The van der Waals surface area contributed by atoms with Crippen molar-refractivity contribution in [2.24, 2.45) is 0 Å². The fourth-order valence-electron chi connectivity index (χ4n) is 1.98. The summed E-state index contributed by atoms with van der Waals surface area (Å²) in [6, 6.07) is 13.1. The summed E-state index contributed by atoms with van der Waals surface area (Å²) in [5, 5.41) is 7.85.